The predicted octanol–water partition coefficient (Wildman–Crippen LogP) is 21.6. The van der Waals surface area contributed by atoms with Crippen LogP contribution in [0.25, 0.3) is 0 Å². The molecule has 61 heteroatoms. The maximum absolute atomic E-state index is 14.0. The highest BCUT2D eigenvalue weighted by atomic mass is 79.9. The highest BCUT2D eigenvalue weighted by Gasteiger charge is 2.42. The van der Waals surface area contributed by atoms with E-state index >= 15 is 0 Å². The van der Waals surface area contributed by atoms with Crippen LogP contribution >= 0.6 is 202 Å². The lowest BCUT2D eigenvalue weighted by atomic mass is 10.1. The number of furan rings is 2. The number of nitrogens with one attached hydrogen (secondary N) is 2. The molecule has 6 N–H and O–H groups in total. The average molecular weight is 2570 g/mol. The topological polar surface area (TPSA) is 503 Å². The van der Waals surface area contributed by atoms with Crippen molar-refractivity contribution in [3.8, 4) is 0 Å². The standard InChI is InChI=1S/C16H29Br3N3O2P.C16H29Cl3N3O2P.2C16H30Cl2N3O3P.C15H28Cl3N4O2P.5CH3NO2/c2*1-4-10-21(11-7-17)25(23,22(12-8-18)13-9-19)24-14-16-6-5-15(2)20(16)3;2*1-14(19)5-3-4-10-20-25(22,21(11-8-17)12-9-18)23-13-16-7-6-15(2)24-16;1-4-8-21(9-5-16)25(23,22(10-6-17)11-7-18)24-13-15-19-12-14(2)20(15)3;5*1-2(3)4/h2*5-6H,4,7-14H2,1-3H3;2*6-7,14H,3-5,8-13,19H2,1-2H3,(H,20,22);12H,4-11,13H2,1-3H3;5*1H3. The number of halogens is 13. The van der Waals surface area contributed by atoms with E-state index < -0.39 is 63.0 Å². The third-order valence-electron chi connectivity index (χ3n) is 19.3. The van der Waals surface area contributed by atoms with Crippen molar-refractivity contribution in [1.82, 2.24) is 66.2 Å². The third-order valence-corrected chi connectivity index (χ3v) is 34.7. The van der Waals surface area contributed by atoms with Crippen LogP contribution in [0.15, 0.2) is 63.6 Å². The second-order valence-corrected chi connectivity index (χ2v) is 49.0. The Morgan fingerprint density at radius 2 is 0.621 bits per heavy atom. The number of nitro groups is 5. The van der Waals surface area contributed by atoms with Gasteiger partial charge in [0.25, 0.3) is 0 Å². The zero-order valence-corrected chi connectivity index (χ0v) is 104. The van der Waals surface area contributed by atoms with E-state index in [1.54, 1.807) is 24.9 Å². The number of aromatic nitrogens is 4. The summed E-state index contributed by atoms with van der Waals surface area (Å²) in [5.41, 5.74) is 16.8. The van der Waals surface area contributed by atoms with Crippen molar-refractivity contribution in [3.63, 3.8) is 0 Å². The van der Waals surface area contributed by atoms with E-state index in [4.69, 9.17) is 210 Å². The first-order chi connectivity index (χ1) is 68.3. The molecule has 0 saturated heterocycles. The minimum Gasteiger partial charge on any atom is -0.464 e. The van der Waals surface area contributed by atoms with Gasteiger partial charge in [0.15, 0.2) is 35.2 Å². The predicted molar refractivity (Wildman–Crippen MR) is 605 cm³/mol. The lowest BCUT2D eigenvalue weighted by molar-refractivity contribution is -0.445. The second-order valence-electron chi connectivity index (χ2n) is 31.4. The summed E-state index contributed by atoms with van der Waals surface area (Å²) in [4.78, 5) is 45.9. The Hall–Kier alpha value is -1.86. The van der Waals surface area contributed by atoms with Gasteiger partial charge >= 0.3 is 38.4 Å². The summed E-state index contributed by atoms with van der Waals surface area (Å²) >= 11 is 69.5. The monoisotopic (exact) mass is 2560 g/mol. The van der Waals surface area contributed by atoms with Crippen LogP contribution < -0.4 is 21.6 Å². The Labute approximate surface area is 934 Å². The van der Waals surface area contributed by atoms with Crippen molar-refractivity contribution in [2.24, 2.45) is 32.6 Å². The van der Waals surface area contributed by atoms with Crippen LogP contribution in [0, 0.1) is 85.2 Å². The molecule has 0 aliphatic rings. The fourth-order valence-electron chi connectivity index (χ4n) is 12.3. The maximum atomic E-state index is 14.0. The molecule has 0 spiro atoms. The van der Waals surface area contributed by atoms with Crippen molar-refractivity contribution in [3.05, 3.63) is 163 Å². The maximum Gasteiger partial charge on any atom is 0.346 e. The first-order valence-corrected chi connectivity index (χ1v) is 63.0. The summed E-state index contributed by atoms with van der Waals surface area (Å²) in [7, 11) is -5.91. The van der Waals surface area contributed by atoms with Crippen LogP contribution in [0.3, 0.4) is 0 Å². The molecule has 0 amide bonds. The van der Waals surface area contributed by atoms with Crippen LogP contribution in [0.1, 0.15) is 150 Å². The van der Waals surface area contributed by atoms with Crippen LogP contribution in [0.4, 0.5) is 0 Å². The van der Waals surface area contributed by atoms with Crippen molar-refractivity contribution in [2.45, 2.75) is 172 Å². The average Bonchev–Trinajstić information content (AvgIpc) is 1.67. The molecular formula is C84H161Br3Cl10N21O22P5. The van der Waals surface area contributed by atoms with Gasteiger partial charge in [0.2, 0.25) is 0 Å². The van der Waals surface area contributed by atoms with E-state index in [9.17, 15) is 22.8 Å². The highest BCUT2D eigenvalue weighted by molar-refractivity contribution is 9.09. The highest BCUT2D eigenvalue weighted by Crippen LogP contribution is 2.58. The minimum absolute atomic E-state index is 0.124. The fourth-order valence-corrected chi connectivity index (χ4v) is 28.9. The number of aryl methyl sites for hydroxylation is 5. The van der Waals surface area contributed by atoms with E-state index in [1.165, 1.54) is 0 Å². The molecule has 7 atom stereocenters. The molecule has 5 aromatic rings. The molecule has 0 radical (unpaired) electrons. The number of rotatable bonds is 67. The van der Waals surface area contributed by atoms with E-state index in [0.29, 0.717) is 188 Å². The molecule has 43 nitrogen and oxygen atoms in total. The summed E-state index contributed by atoms with van der Waals surface area (Å²) in [5, 5.41) is 52.5. The fraction of sp³-hybridized carbons (Fsp3) is 0.774. The number of alkyl halides is 13. The Kier molecular flexibility index (Phi) is 95.4. The Morgan fingerprint density at radius 3 is 0.834 bits per heavy atom. The number of hydrogen-bond donors (Lipinski definition) is 4. The summed E-state index contributed by atoms with van der Waals surface area (Å²) in [6.45, 7) is 30.4. The van der Waals surface area contributed by atoms with Crippen LogP contribution in [-0.2, 0) is 99.6 Å². The van der Waals surface area contributed by atoms with Gasteiger partial charge in [-0.1, -0.05) is 81.4 Å². The summed E-state index contributed by atoms with van der Waals surface area (Å²) in [5.74, 6) is 7.07. The van der Waals surface area contributed by atoms with E-state index in [2.05, 4.69) is 87.4 Å². The quantitative estimate of drug-likeness (QED) is 0.00923. The summed E-state index contributed by atoms with van der Waals surface area (Å²) < 4.78 is 130. The normalized spacial score (nSPS) is 13.6. The molecule has 7 unspecified atom stereocenters. The van der Waals surface area contributed by atoms with Crippen molar-refractivity contribution < 1.29 is 78.9 Å². The largest absolute Gasteiger partial charge is 0.464 e. The minimum atomic E-state index is -3.32. The van der Waals surface area contributed by atoms with Gasteiger partial charge in [-0.25, -0.2) is 52.5 Å². The molecule has 0 aromatic carbocycles. The zero-order chi connectivity index (χ0) is 112. The lowest BCUT2D eigenvalue weighted by Gasteiger charge is -2.37. The molecule has 850 valence electrons. The molecule has 0 bridgehead atoms. The number of imidazole rings is 1. The zero-order valence-electron chi connectivity index (χ0n) is 87.1. The van der Waals surface area contributed by atoms with Gasteiger partial charge in [0.05, 0.1) is 13.2 Å². The molecular weight excluding hydrogens is 2400 g/mol. The van der Waals surface area contributed by atoms with Gasteiger partial charge in [-0.2, -0.15) is 0 Å². The third kappa shape index (κ3) is 70.4. The Balaban J connectivity index is -0.000000536. The van der Waals surface area contributed by atoms with E-state index in [-0.39, 0.29) is 38.5 Å². The molecule has 5 rings (SSSR count). The van der Waals surface area contributed by atoms with Gasteiger partial charge in [0, 0.05) is 285 Å². The Morgan fingerprint density at radius 1 is 0.372 bits per heavy atom. The number of nitrogens with two attached hydrogens (primary N) is 2. The van der Waals surface area contributed by atoms with Gasteiger partial charge in [-0.15, -0.1) is 116 Å². The first kappa shape index (κ1) is 152. The molecule has 0 saturated carbocycles. The second kappa shape index (κ2) is 91.3. The first-order valence-electron chi connectivity index (χ1n) is 46.6. The van der Waals surface area contributed by atoms with Crippen LogP contribution in [0.5, 0.6) is 0 Å². The molecule has 5 heterocycles. The van der Waals surface area contributed by atoms with Crippen molar-refractivity contribution >= 4 is 202 Å². The lowest BCUT2D eigenvalue weighted by Crippen LogP contribution is -2.37. The van der Waals surface area contributed by atoms with Crippen LogP contribution in [-0.4, -0.2) is 321 Å². The summed E-state index contributed by atoms with van der Waals surface area (Å²) in [6.07, 6.45) is 9.91. The van der Waals surface area contributed by atoms with E-state index in [0.717, 1.165) is 161 Å². The number of hydrogen-bond acceptors (Lipinski definition) is 25. The smallest absolute Gasteiger partial charge is 0.346 e. The van der Waals surface area contributed by atoms with Gasteiger partial charge in [0.1, 0.15) is 48.7 Å². The molecule has 0 fully saturated rings. The number of nitrogens with zero attached hydrogens (tertiary/aromatic N) is 17. The van der Waals surface area contributed by atoms with Gasteiger partial charge in [-0.05, 0) is 142 Å². The van der Waals surface area contributed by atoms with E-state index in [1.807, 2.05) is 147 Å². The molecule has 145 heavy (non-hydrogen) atoms. The molecule has 0 aliphatic carbocycles. The summed E-state index contributed by atoms with van der Waals surface area (Å²) in [6, 6.07) is 15.8. The van der Waals surface area contributed by atoms with Gasteiger partial charge < -0.3 is 34.0 Å². The molecule has 5 aromatic heterocycles. The van der Waals surface area contributed by atoms with Crippen molar-refractivity contribution in [1.29, 1.82) is 0 Å². The molecule has 0 aliphatic heterocycles. The Bertz CT molecular complexity index is 3910. The van der Waals surface area contributed by atoms with Gasteiger partial charge in [-0.3, -0.25) is 96.0 Å². The SMILES string of the molecule is CCCN(CCBr)P(=O)(OCc1ccc(C)n1C)N(CCBr)CCBr.CCCN(CCCl)P(=O)(OCc1ccc(C)n1C)N(CCCl)CCCl.CCCN(CCCl)P(=O)(OCc1ncc(C)n1C)N(CCCl)CCCl.C[N+](=O)[O-].C[N+](=O)[O-].C[N+](=O)[O-].C[N+](=O)[O-].C[N+](=O)[O-].Cc1ccc(COP(=O)(NCCCCC(C)N)N(CCCl)CCCl)o1.Cc1ccc(COP(=O)(NCCCCC(C)N)N(CCCl)CCCl)o1. The van der Waals surface area contributed by atoms with Crippen molar-refractivity contribution in [2.75, 3.05) is 228 Å². The van der Waals surface area contributed by atoms with Crippen LogP contribution in [0.2, 0.25) is 0 Å². The number of unbranched alkanes of at least 4 members (excludes halogenated alkanes) is 2.